The molecule has 1 heterocycles. The SMILES string of the molecule is O=[N+]([O-])c1conc1C=Cc1ccccc1. The Bertz CT molecular complexity index is 517. The van der Waals surface area contributed by atoms with Gasteiger partial charge in [-0.25, -0.2) is 0 Å². The van der Waals surface area contributed by atoms with Gasteiger partial charge >= 0.3 is 5.69 Å². The third kappa shape index (κ3) is 2.14. The molecule has 0 spiro atoms. The van der Waals surface area contributed by atoms with Gasteiger partial charge in [0.15, 0.2) is 5.69 Å². The minimum atomic E-state index is -0.527. The summed E-state index contributed by atoms with van der Waals surface area (Å²) in [5.41, 5.74) is 1.03. The molecule has 0 aliphatic carbocycles. The molecule has 2 rings (SSSR count). The molecule has 0 saturated carbocycles. The maximum atomic E-state index is 10.6. The zero-order chi connectivity index (χ0) is 11.4. The Balaban J connectivity index is 2.24. The average molecular weight is 216 g/mol. The lowest BCUT2D eigenvalue weighted by molar-refractivity contribution is -0.385. The molecule has 2 aromatic rings. The molecule has 0 bridgehead atoms. The van der Waals surface area contributed by atoms with Crippen LogP contribution in [0, 0.1) is 10.1 Å². The smallest absolute Gasteiger partial charge is 0.335 e. The van der Waals surface area contributed by atoms with Gasteiger partial charge < -0.3 is 4.52 Å². The van der Waals surface area contributed by atoms with Gasteiger partial charge in [0.05, 0.1) is 4.92 Å². The van der Waals surface area contributed by atoms with Crippen molar-refractivity contribution in [2.75, 3.05) is 0 Å². The van der Waals surface area contributed by atoms with Crippen molar-refractivity contribution < 1.29 is 9.45 Å². The van der Waals surface area contributed by atoms with Crippen LogP contribution in [-0.2, 0) is 0 Å². The van der Waals surface area contributed by atoms with Crippen molar-refractivity contribution in [1.29, 1.82) is 0 Å². The topological polar surface area (TPSA) is 69.2 Å². The van der Waals surface area contributed by atoms with E-state index in [1.807, 2.05) is 30.3 Å². The van der Waals surface area contributed by atoms with Crippen molar-refractivity contribution >= 4 is 17.8 Å². The summed E-state index contributed by atoms with van der Waals surface area (Å²) in [7, 11) is 0. The Morgan fingerprint density at radius 1 is 1.25 bits per heavy atom. The van der Waals surface area contributed by atoms with E-state index in [2.05, 4.69) is 9.68 Å². The van der Waals surface area contributed by atoms with Gasteiger partial charge in [-0.3, -0.25) is 10.1 Å². The first kappa shape index (κ1) is 10.1. The van der Waals surface area contributed by atoms with Crippen LogP contribution >= 0.6 is 0 Å². The summed E-state index contributed by atoms with van der Waals surface area (Å²) in [5.74, 6) is 0. The van der Waals surface area contributed by atoms with E-state index < -0.39 is 4.92 Å². The molecule has 0 unspecified atom stereocenters. The number of nitro groups is 1. The van der Waals surface area contributed by atoms with Crippen LogP contribution in [0.4, 0.5) is 5.69 Å². The van der Waals surface area contributed by atoms with E-state index >= 15 is 0 Å². The lowest BCUT2D eigenvalue weighted by Crippen LogP contribution is -1.87. The van der Waals surface area contributed by atoms with Crippen LogP contribution in [-0.4, -0.2) is 10.1 Å². The second-order valence-electron chi connectivity index (χ2n) is 3.09. The van der Waals surface area contributed by atoms with E-state index in [4.69, 9.17) is 0 Å². The van der Waals surface area contributed by atoms with E-state index in [-0.39, 0.29) is 11.4 Å². The fraction of sp³-hybridized carbons (Fsp3) is 0. The molecule has 0 amide bonds. The van der Waals surface area contributed by atoms with Gasteiger partial charge in [0, 0.05) is 0 Å². The van der Waals surface area contributed by atoms with E-state index in [1.54, 1.807) is 12.2 Å². The number of hydrogen-bond donors (Lipinski definition) is 0. The van der Waals surface area contributed by atoms with E-state index in [1.165, 1.54) is 0 Å². The molecule has 0 fully saturated rings. The van der Waals surface area contributed by atoms with Crippen LogP contribution in [0.3, 0.4) is 0 Å². The van der Waals surface area contributed by atoms with Gasteiger partial charge in [-0.15, -0.1) is 0 Å². The predicted molar refractivity (Wildman–Crippen MR) is 58.5 cm³/mol. The van der Waals surface area contributed by atoms with Crippen LogP contribution < -0.4 is 0 Å². The quantitative estimate of drug-likeness (QED) is 0.584. The molecular formula is C11H8N2O3. The molecule has 0 saturated heterocycles. The van der Waals surface area contributed by atoms with Gasteiger partial charge in [0.25, 0.3) is 0 Å². The zero-order valence-electron chi connectivity index (χ0n) is 8.24. The standard InChI is InChI=1S/C11H8N2O3/c14-13(15)11-8-16-12-10(11)7-6-9-4-2-1-3-5-9/h1-8H. The van der Waals surface area contributed by atoms with Gasteiger partial charge in [0.2, 0.25) is 6.26 Å². The minimum Gasteiger partial charge on any atom is -0.357 e. The number of nitrogens with zero attached hydrogens (tertiary/aromatic N) is 2. The normalized spacial score (nSPS) is 10.8. The fourth-order valence-electron chi connectivity index (χ4n) is 1.23. The van der Waals surface area contributed by atoms with Crippen molar-refractivity contribution in [3.8, 4) is 0 Å². The lowest BCUT2D eigenvalue weighted by atomic mass is 10.2. The Hall–Kier alpha value is -2.43. The molecule has 0 N–H and O–H groups in total. The molecule has 0 aliphatic heterocycles. The Kier molecular flexibility index (Phi) is 2.77. The van der Waals surface area contributed by atoms with Crippen molar-refractivity contribution in [1.82, 2.24) is 5.16 Å². The first-order valence-corrected chi connectivity index (χ1v) is 4.59. The first-order chi connectivity index (χ1) is 7.77. The molecular weight excluding hydrogens is 208 g/mol. The Morgan fingerprint density at radius 3 is 2.69 bits per heavy atom. The summed E-state index contributed by atoms with van der Waals surface area (Å²) in [4.78, 5) is 10.0. The van der Waals surface area contributed by atoms with Crippen LogP contribution in [0.1, 0.15) is 11.3 Å². The van der Waals surface area contributed by atoms with E-state index in [9.17, 15) is 10.1 Å². The van der Waals surface area contributed by atoms with E-state index in [0.29, 0.717) is 0 Å². The predicted octanol–water partition coefficient (Wildman–Crippen LogP) is 2.75. The molecule has 0 radical (unpaired) electrons. The molecule has 0 atom stereocenters. The summed E-state index contributed by atoms with van der Waals surface area (Å²) < 4.78 is 4.55. The average Bonchev–Trinajstić information content (AvgIpc) is 2.76. The number of aromatic nitrogens is 1. The molecule has 0 aliphatic rings. The summed E-state index contributed by atoms with van der Waals surface area (Å²) >= 11 is 0. The highest BCUT2D eigenvalue weighted by atomic mass is 16.6. The zero-order valence-corrected chi connectivity index (χ0v) is 8.24. The summed E-state index contributed by atoms with van der Waals surface area (Å²) in [6.45, 7) is 0. The minimum absolute atomic E-state index is 0.132. The second kappa shape index (κ2) is 4.39. The molecule has 16 heavy (non-hydrogen) atoms. The van der Waals surface area contributed by atoms with Crippen LogP contribution in [0.15, 0.2) is 41.1 Å². The maximum absolute atomic E-state index is 10.6. The van der Waals surface area contributed by atoms with Gasteiger partial charge in [-0.1, -0.05) is 41.6 Å². The molecule has 1 aromatic carbocycles. The fourth-order valence-corrected chi connectivity index (χ4v) is 1.23. The highest BCUT2D eigenvalue weighted by Gasteiger charge is 2.15. The third-order valence-corrected chi connectivity index (χ3v) is 2.01. The number of rotatable bonds is 3. The van der Waals surface area contributed by atoms with Crippen LogP contribution in [0.5, 0.6) is 0 Å². The summed E-state index contributed by atoms with van der Waals surface area (Å²) in [6, 6.07) is 9.45. The second-order valence-corrected chi connectivity index (χ2v) is 3.09. The maximum Gasteiger partial charge on any atom is 0.335 e. The van der Waals surface area contributed by atoms with Crippen LogP contribution in [0.2, 0.25) is 0 Å². The highest BCUT2D eigenvalue weighted by molar-refractivity contribution is 5.71. The summed E-state index contributed by atoms with van der Waals surface area (Å²) in [6.07, 6.45) is 4.31. The van der Waals surface area contributed by atoms with Crippen molar-refractivity contribution in [3.63, 3.8) is 0 Å². The van der Waals surface area contributed by atoms with Crippen molar-refractivity contribution in [3.05, 3.63) is 58.0 Å². The largest absolute Gasteiger partial charge is 0.357 e. The van der Waals surface area contributed by atoms with Crippen molar-refractivity contribution in [2.24, 2.45) is 0 Å². The first-order valence-electron chi connectivity index (χ1n) is 4.59. The van der Waals surface area contributed by atoms with Crippen LogP contribution in [0.25, 0.3) is 12.2 Å². The molecule has 1 aromatic heterocycles. The monoisotopic (exact) mass is 216 g/mol. The molecule has 80 valence electrons. The molecule has 5 heteroatoms. The number of hydrogen-bond acceptors (Lipinski definition) is 4. The Morgan fingerprint density at radius 2 is 2.00 bits per heavy atom. The lowest BCUT2D eigenvalue weighted by Gasteiger charge is -1.89. The molecule has 5 nitrogen and oxygen atoms in total. The van der Waals surface area contributed by atoms with E-state index in [0.717, 1.165) is 11.8 Å². The number of benzene rings is 1. The summed E-state index contributed by atoms with van der Waals surface area (Å²) in [5, 5.41) is 14.1. The Labute approximate surface area is 91.1 Å². The van der Waals surface area contributed by atoms with Gasteiger partial charge in [-0.2, -0.15) is 0 Å². The highest BCUT2D eigenvalue weighted by Crippen LogP contribution is 2.18. The van der Waals surface area contributed by atoms with Gasteiger partial charge in [0.1, 0.15) is 0 Å². The third-order valence-electron chi connectivity index (χ3n) is 2.01. The van der Waals surface area contributed by atoms with Gasteiger partial charge in [-0.05, 0) is 11.6 Å². The van der Waals surface area contributed by atoms with Crippen molar-refractivity contribution in [2.45, 2.75) is 0 Å².